The highest BCUT2D eigenvalue weighted by molar-refractivity contribution is 4.93. The predicted octanol–water partition coefficient (Wildman–Crippen LogP) is 1.79. The van der Waals surface area contributed by atoms with Crippen molar-refractivity contribution in [3.63, 3.8) is 0 Å². The Balaban J connectivity index is 1.95. The molecule has 2 N–H and O–H groups in total. The van der Waals surface area contributed by atoms with Gasteiger partial charge in [0.05, 0.1) is 0 Å². The highest BCUT2D eigenvalue weighted by atomic mass is 16.5. The van der Waals surface area contributed by atoms with Gasteiger partial charge in [-0.3, -0.25) is 0 Å². The van der Waals surface area contributed by atoms with Crippen molar-refractivity contribution in [1.82, 2.24) is 0 Å². The molecule has 0 amide bonds. The molecule has 0 saturated heterocycles. The van der Waals surface area contributed by atoms with Crippen LogP contribution in [0.1, 0.15) is 33.1 Å². The van der Waals surface area contributed by atoms with Crippen molar-refractivity contribution in [3.8, 4) is 0 Å². The standard InChI is InChI=1S/C10H21NO/c1-9(2)7-12-6-5-10(8-11)3-4-10/h9H,3-8,11H2,1-2H3. The third kappa shape index (κ3) is 3.11. The highest BCUT2D eigenvalue weighted by Crippen LogP contribution is 2.47. The molecule has 0 bridgehead atoms. The van der Waals surface area contributed by atoms with Crippen LogP contribution in [-0.4, -0.2) is 19.8 Å². The third-order valence-corrected chi connectivity index (χ3v) is 2.62. The Morgan fingerprint density at radius 2 is 2.08 bits per heavy atom. The maximum atomic E-state index is 5.66. The summed E-state index contributed by atoms with van der Waals surface area (Å²) in [5.41, 5.74) is 6.14. The van der Waals surface area contributed by atoms with Gasteiger partial charge in [0.1, 0.15) is 0 Å². The minimum absolute atomic E-state index is 0.483. The molecule has 0 aromatic rings. The topological polar surface area (TPSA) is 35.2 Å². The Morgan fingerprint density at radius 3 is 2.50 bits per heavy atom. The van der Waals surface area contributed by atoms with Crippen molar-refractivity contribution < 1.29 is 4.74 Å². The summed E-state index contributed by atoms with van der Waals surface area (Å²) in [5, 5.41) is 0. The van der Waals surface area contributed by atoms with Crippen molar-refractivity contribution >= 4 is 0 Å². The molecule has 0 aromatic carbocycles. The van der Waals surface area contributed by atoms with Crippen molar-refractivity contribution in [1.29, 1.82) is 0 Å². The Labute approximate surface area is 75.5 Å². The molecule has 2 heteroatoms. The van der Waals surface area contributed by atoms with Gasteiger partial charge < -0.3 is 10.5 Å². The van der Waals surface area contributed by atoms with Crippen LogP contribution in [0.2, 0.25) is 0 Å². The van der Waals surface area contributed by atoms with Gasteiger partial charge in [-0.15, -0.1) is 0 Å². The lowest BCUT2D eigenvalue weighted by Crippen LogP contribution is -2.18. The maximum absolute atomic E-state index is 5.66. The van der Waals surface area contributed by atoms with E-state index in [1.807, 2.05) is 0 Å². The van der Waals surface area contributed by atoms with E-state index < -0.39 is 0 Å². The van der Waals surface area contributed by atoms with Gasteiger partial charge in [-0.2, -0.15) is 0 Å². The van der Waals surface area contributed by atoms with Crippen LogP contribution < -0.4 is 5.73 Å². The minimum atomic E-state index is 0.483. The molecular weight excluding hydrogens is 150 g/mol. The maximum Gasteiger partial charge on any atom is 0.0488 e. The Bertz CT molecular complexity index is 130. The summed E-state index contributed by atoms with van der Waals surface area (Å²) in [6.07, 6.45) is 3.79. The highest BCUT2D eigenvalue weighted by Gasteiger charge is 2.40. The molecule has 2 nitrogen and oxygen atoms in total. The lowest BCUT2D eigenvalue weighted by Gasteiger charge is -2.12. The largest absolute Gasteiger partial charge is 0.381 e. The van der Waals surface area contributed by atoms with Gasteiger partial charge >= 0.3 is 0 Å². The van der Waals surface area contributed by atoms with E-state index in [2.05, 4.69) is 13.8 Å². The van der Waals surface area contributed by atoms with Crippen LogP contribution in [-0.2, 0) is 4.74 Å². The number of hydrogen-bond acceptors (Lipinski definition) is 2. The van der Waals surface area contributed by atoms with Gasteiger partial charge in [0.2, 0.25) is 0 Å². The molecule has 0 radical (unpaired) electrons. The first-order valence-electron chi connectivity index (χ1n) is 4.96. The van der Waals surface area contributed by atoms with Gasteiger partial charge in [0.25, 0.3) is 0 Å². The lowest BCUT2D eigenvalue weighted by atomic mass is 10.0. The van der Waals surface area contributed by atoms with E-state index >= 15 is 0 Å². The number of ether oxygens (including phenoxy) is 1. The molecule has 0 unspecified atom stereocenters. The summed E-state index contributed by atoms with van der Waals surface area (Å²) >= 11 is 0. The van der Waals surface area contributed by atoms with E-state index in [-0.39, 0.29) is 0 Å². The second kappa shape index (κ2) is 4.24. The zero-order chi connectivity index (χ0) is 9.03. The van der Waals surface area contributed by atoms with Gasteiger partial charge in [-0.05, 0) is 37.1 Å². The molecule has 1 aliphatic carbocycles. The minimum Gasteiger partial charge on any atom is -0.381 e. The zero-order valence-corrected chi connectivity index (χ0v) is 8.31. The first kappa shape index (κ1) is 10.0. The lowest BCUT2D eigenvalue weighted by molar-refractivity contribution is 0.0958. The summed E-state index contributed by atoms with van der Waals surface area (Å²) in [4.78, 5) is 0. The third-order valence-electron chi connectivity index (χ3n) is 2.62. The fourth-order valence-electron chi connectivity index (χ4n) is 1.34. The average molecular weight is 171 g/mol. The second-order valence-corrected chi connectivity index (χ2v) is 4.42. The number of nitrogens with two attached hydrogens (primary N) is 1. The summed E-state index contributed by atoms with van der Waals surface area (Å²) < 4.78 is 5.52. The van der Waals surface area contributed by atoms with Crippen LogP contribution in [0.4, 0.5) is 0 Å². The van der Waals surface area contributed by atoms with Crippen molar-refractivity contribution in [2.24, 2.45) is 17.1 Å². The molecule has 0 spiro atoms. The van der Waals surface area contributed by atoms with E-state index in [9.17, 15) is 0 Å². The predicted molar refractivity (Wildman–Crippen MR) is 51.0 cm³/mol. The van der Waals surface area contributed by atoms with E-state index in [4.69, 9.17) is 10.5 Å². The van der Waals surface area contributed by atoms with Crippen LogP contribution in [0.3, 0.4) is 0 Å². The van der Waals surface area contributed by atoms with Gasteiger partial charge in [0, 0.05) is 13.2 Å². The second-order valence-electron chi connectivity index (χ2n) is 4.42. The van der Waals surface area contributed by atoms with Crippen LogP contribution in [0.25, 0.3) is 0 Å². The van der Waals surface area contributed by atoms with Crippen molar-refractivity contribution in [3.05, 3.63) is 0 Å². The van der Waals surface area contributed by atoms with Crippen molar-refractivity contribution in [2.45, 2.75) is 33.1 Å². The summed E-state index contributed by atoms with van der Waals surface area (Å²) in [6.45, 7) is 6.99. The summed E-state index contributed by atoms with van der Waals surface area (Å²) in [6, 6.07) is 0. The molecule has 0 atom stereocenters. The average Bonchev–Trinajstić information content (AvgIpc) is 2.79. The first-order valence-corrected chi connectivity index (χ1v) is 4.96. The monoisotopic (exact) mass is 171 g/mol. The van der Waals surface area contributed by atoms with Gasteiger partial charge in [-0.1, -0.05) is 13.8 Å². The van der Waals surface area contributed by atoms with Crippen LogP contribution >= 0.6 is 0 Å². The first-order chi connectivity index (χ1) is 5.68. The van der Waals surface area contributed by atoms with Gasteiger partial charge in [-0.25, -0.2) is 0 Å². The molecule has 1 fully saturated rings. The molecule has 1 rings (SSSR count). The summed E-state index contributed by atoms with van der Waals surface area (Å²) in [7, 11) is 0. The summed E-state index contributed by atoms with van der Waals surface area (Å²) in [5.74, 6) is 0.651. The smallest absolute Gasteiger partial charge is 0.0488 e. The quantitative estimate of drug-likeness (QED) is 0.618. The molecule has 0 aromatic heterocycles. The van der Waals surface area contributed by atoms with E-state index in [0.29, 0.717) is 11.3 Å². The van der Waals surface area contributed by atoms with E-state index in [0.717, 1.165) is 26.2 Å². The van der Waals surface area contributed by atoms with Gasteiger partial charge in [0.15, 0.2) is 0 Å². The molecular formula is C10H21NO. The van der Waals surface area contributed by atoms with Crippen molar-refractivity contribution in [2.75, 3.05) is 19.8 Å². The van der Waals surface area contributed by atoms with Crippen LogP contribution in [0, 0.1) is 11.3 Å². The molecule has 72 valence electrons. The van der Waals surface area contributed by atoms with Crippen LogP contribution in [0.5, 0.6) is 0 Å². The van der Waals surface area contributed by atoms with Crippen LogP contribution in [0.15, 0.2) is 0 Å². The fraction of sp³-hybridized carbons (Fsp3) is 1.00. The fourth-order valence-corrected chi connectivity index (χ4v) is 1.34. The Kier molecular flexibility index (Phi) is 3.53. The molecule has 1 saturated carbocycles. The SMILES string of the molecule is CC(C)COCCC1(CN)CC1. The Morgan fingerprint density at radius 1 is 1.42 bits per heavy atom. The zero-order valence-electron chi connectivity index (χ0n) is 8.31. The molecule has 0 heterocycles. The Hall–Kier alpha value is -0.0800. The van der Waals surface area contributed by atoms with E-state index in [1.165, 1.54) is 12.8 Å². The molecule has 12 heavy (non-hydrogen) atoms. The van der Waals surface area contributed by atoms with E-state index in [1.54, 1.807) is 0 Å². The number of rotatable bonds is 6. The number of hydrogen-bond donors (Lipinski definition) is 1. The molecule has 1 aliphatic rings. The molecule has 0 aliphatic heterocycles. The normalized spacial score (nSPS) is 20.0.